The summed E-state index contributed by atoms with van der Waals surface area (Å²) in [6, 6.07) is 12.7. The zero-order valence-corrected chi connectivity index (χ0v) is 15.8. The van der Waals surface area contributed by atoms with Crippen molar-refractivity contribution in [2.75, 3.05) is 19.5 Å². The van der Waals surface area contributed by atoms with Crippen molar-refractivity contribution in [2.24, 2.45) is 0 Å². The van der Waals surface area contributed by atoms with Gasteiger partial charge in [0.25, 0.3) is 5.91 Å². The smallest absolute Gasteiger partial charge is 0.331 e. The van der Waals surface area contributed by atoms with Gasteiger partial charge in [0.1, 0.15) is 0 Å². The lowest BCUT2D eigenvalue weighted by atomic mass is 10.1. The molecule has 0 aliphatic rings. The van der Waals surface area contributed by atoms with Crippen LogP contribution in [0.2, 0.25) is 0 Å². The maximum atomic E-state index is 12.2. The molecule has 0 aliphatic heterocycles. The molecule has 0 bridgehead atoms. The number of amides is 1. The van der Waals surface area contributed by atoms with Crippen LogP contribution in [0.1, 0.15) is 18.1 Å². The number of benzene rings is 2. The second-order valence-electron chi connectivity index (χ2n) is 5.85. The third kappa shape index (κ3) is 5.60. The highest BCUT2D eigenvalue weighted by Crippen LogP contribution is 2.31. The van der Waals surface area contributed by atoms with Crippen LogP contribution in [-0.2, 0) is 14.3 Å². The van der Waals surface area contributed by atoms with Gasteiger partial charge in [0, 0.05) is 17.3 Å². The highest BCUT2D eigenvalue weighted by atomic mass is 16.5. The minimum Gasteiger partial charge on any atom is -0.493 e. The molecule has 6 heteroatoms. The molecule has 6 nitrogen and oxygen atoms in total. The van der Waals surface area contributed by atoms with E-state index in [2.05, 4.69) is 5.32 Å². The lowest BCUT2D eigenvalue weighted by Gasteiger charge is -2.13. The van der Waals surface area contributed by atoms with Crippen molar-refractivity contribution >= 4 is 23.6 Å². The maximum Gasteiger partial charge on any atom is 0.331 e. The number of nitrogens with one attached hydrogen (secondary N) is 1. The van der Waals surface area contributed by atoms with Crippen LogP contribution in [0, 0.1) is 6.92 Å². The highest BCUT2D eigenvalue weighted by molar-refractivity contribution is 5.96. The first kappa shape index (κ1) is 20.0. The van der Waals surface area contributed by atoms with Gasteiger partial charge in [0.2, 0.25) is 0 Å². The molecule has 0 aromatic heterocycles. The third-order valence-electron chi connectivity index (χ3n) is 3.78. The predicted octanol–water partition coefficient (Wildman–Crippen LogP) is 3.60. The van der Waals surface area contributed by atoms with Gasteiger partial charge in [-0.3, -0.25) is 4.79 Å². The van der Waals surface area contributed by atoms with Crippen molar-refractivity contribution in [1.82, 2.24) is 0 Å². The van der Waals surface area contributed by atoms with Crippen molar-refractivity contribution in [3.63, 3.8) is 0 Å². The van der Waals surface area contributed by atoms with E-state index in [0.29, 0.717) is 22.7 Å². The zero-order chi connectivity index (χ0) is 19.8. The van der Waals surface area contributed by atoms with Crippen molar-refractivity contribution in [3.8, 4) is 11.5 Å². The minimum atomic E-state index is -0.935. The van der Waals surface area contributed by atoms with Crippen molar-refractivity contribution in [3.05, 3.63) is 59.7 Å². The summed E-state index contributed by atoms with van der Waals surface area (Å²) in [4.78, 5) is 24.2. The Hall–Kier alpha value is -3.28. The Labute approximate surface area is 158 Å². The Balaban J connectivity index is 1.98. The van der Waals surface area contributed by atoms with Crippen LogP contribution in [0.15, 0.2) is 48.5 Å². The van der Waals surface area contributed by atoms with Gasteiger partial charge in [-0.15, -0.1) is 0 Å². The van der Waals surface area contributed by atoms with Crippen molar-refractivity contribution < 1.29 is 23.8 Å². The normalized spacial score (nSPS) is 11.7. The first-order valence-electron chi connectivity index (χ1n) is 8.41. The van der Waals surface area contributed by atoms with E-state index in [1.54, 1.807) is 30.3 Å². The number of ether oxygens (including phenoxy) is 3. The fourth-order valence-electron chi connectivity index (χ4n) is 2.43. The molecule has 1 atom stereocenters. The van der Waals surface area contributed by atoms with Gasteiger partial charge in [0.15, 0.2) is 17.6 Å². The number of hydrogen-bond donors (Lipinski definition) is 1. The SMILES string of the molecule is COc1cccc(/C=C/C(=O)O[C@@H](C)C(=O)Nc2cccc(C)c2)c1OC. The third-order valence-corrected chi connectivity index (χ3v) is 3.78. The van der Waals surface area contributed by atoms with Gasteiger partial charge in [-0.05, 0) is 43.7 Å². The molecule has 1 amide bonds. The standard InChI is InChI=1S/C21H23NO5/c1-14-7-5-9-17(13-14)22-21(24)15(2)27-19(23)12-11-16-8-6-10-18(25-3)20(16)26-4/h5-13,15H,1-4H3,(H,22,24)/b12-11+/t15-/m0/s1. The topological polar surface area (TPSA) is 73.9 Å². The van der Waals surface area contributed by atoms with Gasteiger partial charge >= 0.3 is 5.97 Å². The summed E-state index contributed by atoms with van der Waals surface area (Å²) in [7, 11) is 3.05. The Morgan fingerprint density at radius 3 is 2.48 bits per heavy atom. The monoisotopic (exact) mass is 369 g/mol. The lowest BCUT2D eigenvalue weighted by molar-refractivity contribution is -0.148. The summed E-state index contributed by atoms with van der Waals surface area (Å²) in [5, 5.41) is 2.72. The van der Waals surface area contributed by atoms with Crippen molar-refractivity contribution in [1.29, 1.82) is 0 Å². The van der Waals surface area contributed by atoms with Crippen LogP contribution in [0.5, 0.6) is 11.5 Å². The Morgan fingerprint density at radius 2 is 1.81 bits per heavy atom. The molecule has 2 aromatic rings. The Morgan fingerprint density at radius 1 is 1.07 bits per heavy atom. The lowest BCUT2D eigenvalue weighted by Crippen LogP contribution is -2.29. The predicted molar refractivity (Wildman–Crippen MR) is 104 cm³/mol. The van der Waals surface area contributed by atoms with E-state index in [1.807, 2.05) is 25.1 Å². The van der Waals surface area contributed by atoms with Crippen LogP contribution < -0.4 is 14.8 Å². The molecular weight excluding hydrogens is 346 g/mol. The molecule has 2 rings (SSSR count). The van der Waals surface area contributed by atoms with E-state index in [0.717, 1.165) is 5.56 Å². The second-order valence-corrected chi connectivity index (χ2v) is 5.85. The second kappa shape index (κ2) is 9.43. The molecule has 27 heavy (non-hydrogen) atoms. The molecule has 142 valence electrons. The molecular formula is C21H23NO5. The summed E-state index contributed by atoms with van der Waals surface area (Å²) >= 11 is 0. The number of anilines is 1. The number of esters is 1. The van der Waals surface area contributed by atoms with E-state index in [1.165, 1.54) is 27.2 Å². The number of carbonyl (C=O) groups is 2. The van der Waals surface area contributed by atoms with Gasteiger partial charge in [-0.2, -0.15) is 0 Å². The summed E-state index contributed by atoms with van der Waals surface area (Å²) < 4.78 is 15.7. The molecule has 0 heterocycles. The minimum absolute atomic E-state index is 0.402. The molecule has 0 spiro atoms. The van der Waals surface area contributed by atoms with Gasteiger partial charge in [-0.25, -0.2) is 4.79 Å². The van der Waals surface area contributed by atoms with E-state index in [-0.39, 0.29) is 0 Å². The molecule has 0 aliphatic carbocycles. The van der Waals surface area contributed by atoms with Crippen LogP contribution >= 0.6 is 0 Å². The van der Waals surface area contributed by atoms with Crippen LogP contribution in [-0.4, -0.2) is 32.2 Å². The molecule has 0 saturated carbocycles. The van der Waals surface area contributed by atoms with Crippen LogP contribution in [0.3, 0.4) is 0 Å². The number of carbonyl (C=O) groups excluding carboxylic acids is 2. The zero-order valence-electron chi connectivity index (χ0n) is 15.8. The van der Waals surface area contributed by atoms with Gasteiger partial charge in [0.05, 0.1) is 14.2 Å². The fraction of sp³-hybridized carbons (Fsp3) is 0.238. The average molecular weight is 369 g/mol. The number of aryl methyl sites for hydroxylation is 1. The molecule has 1 N–H and O–H groups in total. The summed E-state index contributed by atoms with van der Waals surface area (Å²) in [6.45, 7) is 3.44. The number of methoxy groups -OCH3 is 2. The molecule has 0 radical (unpaired) electrons. The molecule has 0 saturated heterocycles. The van der Waals surface area contributed by atoms with E-state index in [9.17, 15) is 9.59 Å². The van der Waals surface area contributed by atoms with Gasteiger partial charge < -0.3 is 19.5 Å². The highest BCUT2D eigenvalue weighted by Gasteiger charge is 2.17. The first-order chi connectivity index (χ1) is 12.9. The summed E-state index contributed by atoms with van der Waals surface area (Å²) in [6.07, 6.45) is 1.86. The summed E-state index contributed by atoms with van der Waals surface area (Å²) in [5.41, 5.74) is 2.33. The fourth-order valence-corrected chi connectivity index (χ4v) is 2.43. The van der Waals surface area contributed by atoms with E-state index in [4.69, 9.17) is 14.2 Å². The summed E-state index contributed by atoms with van der Waals surface area (Å²) in [5.74, 6) is 0.0290. The average Bonchev–Trinajstić information content (AvgIpc) is 2.65. The van der Waals surface area contributed by atoms with Crippen molar-refractivity contribution in [2.45, 2.75) is 20.0 Å². The van der Waals surface area contributed by atoms with Gasteiger partial charge in [-0.1, -0.05) is 24.3 Å². The van der Waals surface area contributed by atoms with Crippen LogP contribution in [0.4, 0.5) is 5.69 Å². The van der Waals surface area contributed by atoms with E-state index < -0.39 is 18.0 Å². The maximum absolute atomic E-state index is 12.2. The molecule has 0 unspecified atom stereocenters. The Kier molecular flexibility index (Phi) is 7.00. The molecule has 0 fully saturated rings. The largest absolute Gasteiger partial charge is 0.493 e. The number of rotatable bonds is 7. The van der Waals surface area contributed by atoms with E-state index >= 15 is 0 Å². The molecule has 2 aromatic carbocycles. The Bertz CT molecular complexity index is 844. The number of hydrogen-bond acceptors (Lipinski definition) is 5. The quantitative estimate of drug-likeness (QED) is 0.596. The number of para-hydroxylation sites is 1. The first-order valence-corrected chi connectivity index (χ1v) is 8.41. The van der Waals surface area contributed by atoms with Crippen LogP contribution in [0.25, 0.3) is 6.08 Å².